The smallest absolute Gasteiger partial charge is 0.258 e. The van der Waals surface area contributed by atoms with Gasteiger partial charge in [-0.05, 0) is 37.3 Å². The molecule has 1 aromatic carbocycles. The van der Waals surface area contributed by atoms with E-state index in [4.69, 9.17) is 4.52 Å². The summed E-state index contributed by atoms with van der Waals surface area (Å²) >= 11 is 0. The number of benzene rings is 1. The van der Waals surface area contributed by atoms with Crippen molar-refractivity contribution in [2.75, 3.05) is 36.4 Å². The SMILES string of the molecule is CC(C)c1noc(-c2ccnc(N3CCN(C(C)C(=O)Nc4cccc(F)c4)CC3)c2)n1. The van der Waals surface area contributed by atoms with Gasteiger partial charge in [0.2, 0.25) is 5.91 Å². The Morgan fingerprint density at radius 3 is 2.59 bits per heavy atom. The number of nitrogens with zero attached hydrogens (tertiary/aromatic N) is 5. The van der Waals surface area contributed by atoms with Gasteiger partial charge >= 0.3 is 0 Å². The molecule has 1 aliphatic heterocycles. The van der Waals surface area contributed by atoms with Gasteiger partial charge in [0.25, 0.3) is 5.89 Å². The molecule has 0 aliphatic carbocycles. The number of amides is 1. The number of pyridine rings is 1. The van der Waals surface area contributed by atoms with E-state index < -0.39 is 0 Å². The molecule has 1 saturated heterocycles. The van der Waals surface area contributed by atoms with Gasteiger partial charge in [0.05, 0.1) is 6.04 Å². The maximum absolute atomic E-state index is 13.4. The third kappa shape index (κ3) is 4.94. The summed E-state index contributed by atoms with van der Waals surface area (Å²) < 4.78 is 18.8. The molecule has 0 spiro atoms. The molecule has 1 fully saturated rings. The molecule has 0 bridgehead atoms. The van der Waals surface area contributed by atoms with Crippen molar-refractivity contribution in [3.8, 4) is 11.5 Å². The topological polar surface area (TPSA) is 87.4 Å². The molecule has 1 atom stereocenters. The Morgan fingerprint density at radius 1 is 1.12 bits per heavy atom. The molecule has 9 heteroatoms. The number of carbonyl (C=O) groups excluding carboxylic acids is 1. The van der Waals surface area contributed by atoms with Gasteiger partial charge in [-0.25, -0.2) is 9.37 Å². The minimum Gasteiger partial charge on any atom is -0.354 e. The number of halogens is 1. The fraction of sp³-hybridized carbons (Fsp3) is 0.391. The van der Waals surface area contributed by atoms with E-state index in [0.29, 0.717) is 30.5 Å². The van der Waals surface area contributed by atoms with Gasteiger partial charge in [-0.2, -0.15) is 4.98 Å². The second kappa shape index (κ2) is 9.44. The van der Waals surface area contributed by atoms with Crippen LogP contribution in [0, 0.1) is 5.82 Å². The average molecular weight is 439 g/mol. The summed E-state index contributed by atoms with van der Waals surface area (Å²) in [5, 5.41) is 6.82. The molecule has 3 heterocycles. The molecule has 8 nitrogen and oxygen atoms in total. The summed E-state index contributed by atoms with van der Waals surface area (Å²) in [6, 6.07) is 9.40. The molecule has 3 aromatic rings. The number of hydrogen-bond donors (Lipinski definition) is 1. The molecule has 168 valence electrons. The monoisotopic (exact) mass is 438 g/mol. The van der Waals surface area contributed by atoms with Crippen molar-refractivity contribution in [1.82, 2.24) is 20.0 Å². The molecule has 1 N–H and O–H groups in total. The van der Waals surface area contributed by atoms with Gasteiger partial charge in [-0.1, -0.05) is 25.1 Å². The first-order valence-electron chi connectivity index (χ1n) is 10.8. The highest BCUT2D eigenvalue weighted by molar-refractivity contribution is 5.94. The maximum atomic E-state index is 13.4. The van der Waals surface area contributed by atoms with Crippen LogP contribution < -0.4 is 10.2 Å². The molecule has 1 aliphatic rings. The lowest BCUT2D eigenvalue weighted by atomic mass is 10.2. The highest BCUT2D eigenvalue weighted by Gasteiger charge is 2.26. The van der Waals surface area contributed by atoms with Crippen LogP contribution in [-0.4, -0.2) is 58.2 Å². The Bertz CT molecular complexity index is 1080. The van der Waals surface area contributed by atoms with Crippen LogP contribution in [0.5, 0.6) is 0 Å². The average Bonchev–Trinajstić information content (AvgIpc) is 3.30. The van der Waals surface area contributed by atoms with Crippen LogP contribution in [0.2, 0.25) is 0 Å². The zero-order chi connectivity index (χ0) is 22.7. The Labute approximate surface area is 186 Å². The van der Waals surface area contributed by atoms with Gasteiger partial charge in [-0.15, -0.1) is 0 Å². The van der Waals surface area contributed by atoms with Crippen LogP contribution in [0.3, 0.4) is 0 Å². The summed E-state index contributed by atoms with van der Waals surface area (Å²) in [5.41, 5.74) is 1.29. The largest absolute Gasteiger partial charge is 0.354 e. The van der Waals surface area contributed by atoms with E-state index in [2.05, 4.69) is 30.2 Å². The Balaban J connectivity index is 1.36. The van der Waals surface area contributed by atoms with Crippen LogP contribution >= 0.6 is 0 Å². The van der Waals surface area contributed by atoms with E-state index in [-0.39, 0.29) is 23.7 Å². The third-order valence-corrected chi connectivity index (χ3v) is 5.61. The third-order valence-electron chi connectivity index (χ3n) is 5.61. The van der Waals surface area contributed by atoms with Crippen molar-refractivity contribution in [2.24, 2.45) is 0 Å². The van der Waals surface area contributed by atoms with Crippen LogP contribution in [0.15, 0.2) is 47.1 Å². The number of hydrogen-bond acceptors (Lipinski definition) is 7. The Morgan fingerprint density at radius 2 is 1.91 bits per heavy atom. The van der Waals surface area contributed by atoms with Crippen molar-refractivity contribution in [2.45, 2.75) is 32.7 Å². The molecule has 4 rings (SSSR count). The lowest BCUT2D eigenvalue weighted by molar-refractivity contribution is -0.120. The predicted octanol–water partition coefficient (Wildman–Crippen LogP) is 3.54. The molecule has 1 amide bonds. The predicted molar refractivity (Wildman–Crippen MR) is 120 cm³/mol. The molecule has 32 heavy (non-hydrogen) atoms. The summed E-state index contributed by atoms with van der Waals surface area (Å²) in [5.74, 6) is 1.67. The minimum atomic E-state index is -0.375. The number of anilines is 2. The standard InChI is InChI=1S/C23H27FN6O2/c1-15(2)21-27-23(32-28-21)17-7-8-25-20(13-17)30-11-9-29(10-12-30)16(3)22(31)26-19-6-4-5-18(24)14-19/h4-8,13-16H,9-12H2,1-3H3,(H,26,31). The van der Waals surface area contributed by atoms with Crippen LogP contribution in [0.25, 0.3) is 11.5 Å². The van der Waals surface area contributed by atoms with Crippen LogP contribution in [0.1, 0.15) is 32.5 Å². The molecular weight excluding hydrogens is 411 g/mol. The second-order valence-electron chi connectivity index (χ2n) is 8.21. The first-order valence-corrected chi connectivity index (χ1v) is 10.8. The lowest BCUT2D eigenvalue weighted by Crippen LogP contribution is -2.53. The van der Waals surface area contributed by atoms with Gasteiger partial charge in [0, 0.05) is 49.5 Å². The summed E-state index contributed by atoms with van der Waals surface area (Å²) in [4.78, 5) is 25.9. The summed E-state index contributed by atoms with van der Waals surface area (Å²) in [6.07, 6.45) is 1.74. The first kappa shape index (κ1) is 21.9. The van der Waals surface area contributed by atoms with E-state index in [1.54, 1.807) is 18.3 Å². The van der Waals surface area contributed by atoms with Crippen molar-refractivity contribution >= 4 is 17.4 Å². The fourth-order valence-electron chi connectivity index (χ4n) is 3.63. The van der Waals surface area contributed by atoms with Gasteiger partial charge < -0.3 is 14.7 Å². The Hall–Kier alpha value is -3.33. The quantitative estimate of drug-likeness (QED) is 0.630. The number of rotatable bonds is 6. The molecule has 0 saturated carbocycles. The molecule has 1 unspecified atom stereocenters. The van der Waals surface area contributed by atoms with E-state index in [1.807, 2.05) is 32.9 Å². The van der Waals surface area contributed by atoms with E-state index >= 15 is 0 Å². The number of nitrogens with one attached hydrogen (secondary N) is 1. The molecule has 0 radical (unpaired) electrons. The fourth-order valence-corrected chi connectivity index (χ4v) is 3.63. The highest BCUT2D eigenvalue weighted by atomic mass is 19.1. The van der Waals surface area contributed by atoms with Gasteiger partial charge in [0.15, 0.2) is 5.82 Å². The summed E-state index contributed by atoms with van der Waals surface area (Å²) in [7, 11) is 0. The molecule has 2 aromatic heterocycles. The Kier molecular flexibility index (Phi) is 6.45. The zero-order valence-corrected chi connectivity index (χ0v) is 18.5. The van der Waals surface area contributed by atoms with E-state index in [9.17, 15) is 9.18 Å². The maximum Gasteiger partial charge on any atom is 0.258 e. The minimum absolute atomic E-state index is 0.151. The first-order chi connectivity index (χ1) is 15.4. The van der Waals surface area contributed by atoms with Gasteiger partial charge in [0.1, 0.15) is 11.6 Å². The normalized spacial score (nSPS) is 15.7. The van der Waals surface area contributed by atoms with E-state index in [1.165, 1.54) is 12.1 Å². The second-order valence-corrected chi connectivity index (χ2v) is 8.21. The number of aromatic nitrogens is 3. The number of carbonyl (C=O) groups is 1. The van der Waals surface area contributed by atoms with Crippen molar-refractivity contribution in [1.29, 1.82) is 0 Å². The van der Waals surface area contributed by atoms with Crippen LogP contribution in [0.4, 0.5) is 15.9 Å². The highest BCUT2D eigenvalue weighted by Crippen LogP contribution is 2.24. The van der Waals surface area contributed by atoms with Crippen molar-refractivity contribution in [3.63, 3.8) is 0 Å². The molecular formula is C23H27FN6O2. The lowest BCUT2D eigenvalue weighted by Gasteiger charge is -2.38. The van der Waals surface area contributed by atoms with Crippen LogP contribution in [-0.2, 0) is 4.79 Å². The van der Waals surface area contributed by atoms with E-state index in [0.717, 1.165) is 24.5 Å². The number of piperazine rings is 1. The van der Waals surface area contributed by atoms with Crippen molar-refractivity contribution < 1.29 is 13.7 Å². The van der Waals surface area contributed by atoms with Gasteiger partial charge in [-0.3, -0.25) is 9.69 Å². The zero-order valence-electron chi connectivity index (χ0n) is 18.5. The summed E-state index contributed by atoms with van der Waals surface area (Å²) in [6.45, 7) is 8.79. The van der Waals surface area contributed by atoms with Crippen molar-refractivity contribution in [3.05, 3.63) is 54.2 Å².